The maximum absolute atomic E-state index is 11.2. The summed E-state index contributed by atoms with van der Waals surface area (Å²) in [7, 11) is 1.35. The van der Waals surface area contributed by atoms with Crippen molar-refractivity contribution in [2.75, 3.05) is 25.1 Å². The fourth-order valence-corrected chi connectivity index (χ4v) is 2.52. The number of hydrogen-bond acceptors (Lipinski definition) is 5. The highest BCUT2D eigenvalue weighted by Crippen LogP contribution is 2.26. The van der Waals surface area contributed by atoms with Gasteiger partial charge in [-0.3, -0.25) is 4.98 Å². The maximum atomic E-state index is 11.2. The Balaban J connectivity index is 2.18. The Morgan fingerprint density at radius 1 is 1.60 bits per heavy atom. The summed E-state index contributed by atoms with van der Waals surface area (Å²) in [4.78, 5) is 17.7. The summed E-state index contributed by atoms with van der Waals surface area (Å²) in [6, 6.07) is 4.19. The van der Waals surface area contributed by atoms with E-state index in [1.165, 1.54) is 7.11 Å². The van der Waals surface area contributed by atoms with Crippen LogP contribution in [0, 0.1) is 25.2 Å². The van der Waals surface area contributed by atoms with Crippen LogP contribution < -0.4 is 10.2 Å². The van der Waals surface area contributed by atoms with Crippen LogP contribution in [0.4, 0.5) is 10.5 Å². The molecule has 1 atom stereocenters. The van der Waals surface area contributed by atoms with Crippen LogP contribution in [0.25, 0.3) is 0 Å². The Morgan fingerprint density at radius 3 is 3.00 bits per heavy atom. The van der Waals surface area contributed by atoms with Crippen LogP contribution in [0.15, 0.2) is 6.07 Å². The Hall–Kier alpha value is -2.29. The van der Waals surface area contributed by atoms with Crippen molar-refractivity contribution in [3.63, 3.8) is 0 Å². The van der Waals surface area contributed by atoms with Gasteiger partial charge in [0.1, 0.15) is 6.07 Å². The van der Waals surface area contributed by atoms with Gasteiger partial charge in [0.2, 0.25) is 0 Å². The molecule has 0 saturated carbocycles. The minimum Gasteiger partial charge on any atom is -0.453 e. The fourth-order valence-electron chi connectivity index (χ4n) is 2.52. The lowest BCUT2D eigenvalue weighted by Gasteiger charge is -2.21. The first kappa shape index (κ1) is 14.1. The van der Waals surface area contributed by atoms with Crippen LogP contribution in [0.1, 0.15) is 23.4 Å². The Bertz CT molecular complexity index is 565. The highest BCUT2D eigenvalue weighted by atomic mass is 16.5. The molecule has 1 aliphatic rings. The molecule has 1 fully saturated rings. The zero-order valence-corrected chi connectivity index (χ0v) is 11.9. The number of carbonyl (C=O) groups is 1. The predicted molar refractivity (Wildman–Crippen MR) is 74.6 cm³/mol. The molecule has 0 bridgehead atoms. The third-order valence-electron chi connectivity index (χ3n) is 3.46. The van der Waals surface area contributed by atoms with Gasteiger partial charge in [-0.25, -0.2) is 4.79 Å². The topological polar surface area (TPSA) is 78.2 Å². The number of nitriles is 1. The number of methoxy groups -OCH3 is 1. The van der Waals surface area contributed by atoms with Gasteiger partial charge in [0.05, 0.1) is 30.1 Å². The van der Waals surface area contributed by atoms with Crippen molar-refractivity contribution in [1.29, 1.82) is 5.26 Å². The molecule has 1 amide bonds. The molecule has 2 rings (SSSR count). The van der Waals surface area contributed by atoms with Crippen LogP contribution in [-0.2, 0) is 4.74 Å². The molecule has 0 radical (unpaired) electrons. The lowest BCUT2D eigenvalue weighted by atomic mass is 10.1. The molecule has 1 aromatic rings. The van der Waals surface area contributed by atoms with Gasteiger partial charge in [0.15, 0.2) is 0 Å². The van der Waals surface area contributed by atoms with Crippen molar-refractivity contribution in [2.45, 2.75) is 26.3 Å². The SMILES string of the molecule is COC(=O)NC1CCN(c2cc(C)nc(C)c2C#N)C1. The van der Waals surface area contributed by atoms with Gasteiger partial charge in [-0.1, -0.05) is 0 Å². The second-order valence-electron chi connectivity index (χ2n) is 4.92. The summed E-state index contributed by atoms with van der Waals surface area (Å²) in [6.07, 6.45) is 0.417. The fraction of sp³-hybridized carbons (Fsp3) is 0.500. The standard InChI is InChI=1S/C14H18N4O2/c1-9-6-13(12(7-15)10(2)16-9)18-5-4-11(8-18)17-14(19)20-3/h6,11H,4-5,8H2,1-3H3,(H,17,19). The molecule has 0 spiro atoms. The van der Waals surface area contributed by atoms with E-state index in [1.54, 1.807) is 0 Å². The zero-order chi connectivity index (χ0) is 14.7. The van der Waals surface area contributed by atoms with Gasteiger partial charge in [-0.2, -0.15) is 5.26 Å². The zero-order valence-electron chi connectivity index (χ0n) is 11.9. The molecule has 1 saturated heterocycles. The molecule has 2 heterocycles. The number of pyridine rings is 1. The van der Waals surface area contributed by atoms with Gasteiger partial charge >= 0.3 is 6.09 Å². The molecule has 0 aromatic carbocycles. The number of ether oxygens (including phenoxy) is 1. The second-order valence-corrected chi connectivity index (χ2v) is 4.92. The van der Waals surface area contributed by atoms with Crippen molar-refractivity contribution >= 4 is 11.8 Å². The minimum absolute atomic E-state index is 0.0442. The van der Waals surface area contributed by atoms with Gasteiger partial charge < -0.3 is 15.0 Å². The lowest BCUT2D eigenvalue weighted by Crippen LogP contribution is -2.37. The molecular formula is C14H18N4O2. The van der Waals surface area contributed by atoms with Crippen molar-refractivity contribution in [3.8, 4) is 6.07 Å². The summed E-state index contributed by atoms with van der Waals surface area (Å²) in [5, 5.41) is 12.1. The average molecular weight is 274 g/mol. The first-order valence-electron chi connectivity index (χ1n) is 6.53. The number of aryl methyl sites for hydroxylation is 2. The van der Waals surface area contributed by atoms with E-state index in [9.17, 15) is 10.1 Å². The van der Waals surface area contributed by atoms with E-state index in [0.717, 1.165) is 30.0 Å². The van der Waals surface area contributed by atoms with Crippen LogP contribution in [0.2, 0.25) is 0 Å². The normalized spacial score (nSPS) is 17.7. The van der Waals surface area contributed by atoms with Gasteiger partial charge in [-0.15, -0.1) is 0 Å². The number of anilines is 1. The average Bonchev–Trinajstić information content (AvgIpc) is 2.86. The van der Waals surface area contributed by atoms with Crippen LogP contribution in [0.3, 0.4) is 0 Å². The largest absolute Gasteiger partial charge is 0.453 e. The first-order valence-corrected chi connectivity index (χ1v) is 6.53. The first-order chi connectivity index (χ1) is 9.55. The van der Waals surface area contributed by atoms with Crippen LogP contribution in [0.5, 0.6) is 0 Å². The third kappa shape index (κ3) is 2.82. The molecule has 1 unspecified atom stereocenters. The quantitative estimate of drug-likeness (QED) is 0.884. The number of nitrogens with zero attached hydrogens (tertiary/aromatic N) is 3. The van der Waals surface area contributed by atoms with Gasteiger partial charge in [-0.05, 0) is 26.3 Å². The van der Waals surface area contributed by atoms with E-state index in [2.05, 4.69) is 26.0 Å². The minimum atomic E-state index is -0.417. The molecule has 20 heavy (non-hydrogen) atoms. The van der Waals surface area contributed by atoms with E-state index >= 15 is 0 Å². The maximum Gasteiger partial charge on any atom is 0.407 e. The van der Waals surface area contributed by atoms with Crippen molar-refractivity contribution < 1.29 is 9.53 Å². The Kier molecular flexibility index (Phi) is 4.08. The van der Waals surface area contributed by atoms with E-state index in [4.69, 9.17) is 0 Å². The van der Waals surface area contributed by atoms with E-state index < -0.39 is 6.09 Å². The number of nitrogens with one attached hydrogen (secondary N) is 1. The predicted octanol–water partition coefficient (Wildman–Crippen LogP) is 1.50. The smallest absolute Gasteiger partial charge is 0.407 e. The molecule has 1 aliphatic heterocycles. The lowest BCUT2D eigenvalue weighted by molar-refractivity contribution is 0.167. The van der Waals surface area contributed by atoms with E-state index in [1.807, 2.05) is 19.9 Å². The van der Waals surface area contributed by atoms with E-state index in [-0.39, 0.29) is 6.04 Å². The number of hydrogen-bond donors (Lipinski definition) is 1. The number of aromatic nitrogens is 1. The summed E-state index contributed by atoms with van der Waals surface area (Å²) in [6.45, 7) is 5.23. The second kappa shape index (κ2) is 5.78. The number of carbonyl (C=O) groups excluding carboxylic acids is 1. The van der Waals surface area contributed by atoms with Crippen LogP contribution in [-0.4, -0.2) is 37.3 Å². The van der Waals surface area contributed by atoms with Crippen molar-refractivity contribution in [3.05, 3.63) is 23.0 Å². The highest BCUT2D eigenvalue weighted by molar-refractivity contribution is 5.68. The van der Waals surface area contributed by atoms with Gasteiger partial charge in [0.25, 0.3) is 0 Å². The third-order valence-corrected chi connectivity index (χ3v) is 3.46. The van der Waals surface area contributed by atoms with E-state index in [0.29, 0.717) is 12.1 Å². The molecular weight excluding hydrogens is 256 g/mol. The molecule has 6 nitrogen and oxygen atoms in total. The Labute approximate surface area is 118 Å². The molecule has 106 valence electrons. The number of amides is 1. The number of rotatable bonds is 2. The van der Waals surface area contributed by atoms with Crippen molar-refractivity contribution in [2.24, 2.45) is 0 Å². The molecule has 1 N–H and O–H groups in total. The highest BCUT2D eigenvalue weighted by Gasteiger charge is 2.26. The molecule has 1 aromatic heterocycles. The molecule has 6 heteroatoms. The summed E-state index contributed by atoms with van der Waals surface area (Å²) < 4.78 is 4.61. The molecule has 0 aliphatic carbocycles. The van der Waals surface area contributed by atoms with Crippen LogP contribution >= 0.6 is 0 Å². The number of alkyl carbamates (subject to hydrolysis) is 1. The summed E-state index contributed by atoms with van der Waals surface area (Å²) in [5.74, 6) is 0. The van der Waals surface area contributed by atoms with Crippen molar-refractivity contribution in [1.82, 2.24) is 10.3 Å². The van der Waals surface area contributed by atoms with Gasteiger partial charge in [0, 0.05) is 18.8 Å². The summed E-state index contributed by atoms with van der Waals surface area (Å²) >= 11 is 0. The monoisotopic (exact) mass is 274 g/mol. The summed E-state index contributed by atoms with van der Waals surface area (Å²) in [5.41, 5.74) is 3.13. The Morgan fingerprint density at radius 2 is 2.35 bits per heavy atom.